The van der Waals surface area contributed by atoms with Gasteiger partial charge < -0.3 is 14.7 Å². The van der Waals surface area contributed by atoms with Crippen LogP contribution in [0, 0.1) is 17.6 Å². The molecule has 1 aromatic rings. The molecule has 0 aromatic heterocycles. The number of nitrogens with zero attached hydrogens (tertiary/aromatic N) is 1. The van der Waals surface area contributed by atoms with Gasteiger partial charge in [0.05, 0.1) is 6.61 Å². The Bertz CT molecular complexity index is 579. The molecule has 1 aliphatic rings. The molecule has 1 amide bonds. The van der Waals surface area contributed by atoms with Crippen molar-refractivity contribution in [2.75, 3.05) is 26.8 Å². The van der Waals surface area contributed by atoms with Crippen LogP contribution in [-0.4, -0.2) is 48.7 Å². The summed E-state index contributed by atoms with van der Waals surface area (Å²) in [5.74, 6) is -3.59. The molecule has 2 atom stereocenters. The van der Waals surface area contributed by atoms with Gasteiger partial charge in [0.2, 0.25) is 5.91 Å². The van der Waals surface area contributed by atoms with Gasteiger partial charge in [-0.1, -0.05) is 6.07 Å². The molecule has 0 spiro atoms. The van der Waals surface area contributed by atoms with Crippen LogP contribution in [0.25, 0.3) is 0 Å². The van der Waals surface area contributed by atoms with E-state index in [0.29, 0.717) is 12.0 Å². The fourth-order valence-corrected chi connectivity index (χ4v) is 2.48. The Balaban J connectivity index is 2.05. The van der Waals surface area contributed by atoms with E-state index in [4.69, 9.17) is 9.84 Å². The molecule has 1 aromatic carbocycles. The van der Waals surface area contributed by atoms with E-state index in [1.165, 1.54) is 18.1 Å². The quantitative estimate of drug-likeness (QED) is 0.831. The average Bonchev–Trinajstić information content (AvgIpc) is 3.22. The first-order chi connectivity index (χ1) is 10.4. The van der Waals surface area contributed by atoms with Gasteiger partial charge >= 0.3 is 5.97 Å². The van der Waals surface area contributed by atoms with Crippen molar-refractivity contribution in [2.45, 2.75) is 12.3 Å². The zero-order valence-electron chi connectivity index (χ0n) is 12.1. The maximum Gasteiger partial charge on any atom is 0.323 e. The van der Waals surface area contributed by atoms with Crippen LogP contribution in [0.2, 0.25) is 0 Å². The van der Waals surface area contributed by atoms with Crippen LogP contribution in [-0.2, 0) is 14.3 Å². The monoisotopic (exact) mass is 313 g/mol. The Morgan fingerprint density at radius 1 is 1.41 bits per heavy atom. The molecule has 5 nitrogen and oxygen atoms in total. The normalized spacial score (nSPS) is 19.8. The number of carbonyl (C=O) groups is 2. The summed E-state index contributed by atoms with van der Waals surface area (Å²) in [6, 6.07) is 3.27. The molecule has 0 heterocycles. The highest BCUT2D eigenvalue weighted by molar-refractivity contribution is 5.86. The highest BCUT2D eigenvalue weighted by Crippen LogP contribution is 2.49. The molecule has 0 saturated heterocycles. The summed E-state index contributed by atoms with van der Waals surface area (Å²) >= 11 is 0. The SMILES string of the molecule is COCCN(CC(=O)O)C(=O)[C@@H]1C[C@@H]1c1ccc(F)cc1F. The van der Waals surface area contributed by atoms with Crippen molar-refractivity contribution in [1.82, 2.24) is 4.90 Å². The first-order valence-electron chi connectivity index (χ1n) is 6.88. The van der Waals surface area contributed by atoms with Crippen LogP contribution in [0.3, 0.4) is 0 Å². The predicted octanol–water partition coefficient (Wildman–Crippen LogP) is 1.63. The summed E-state index contributed by atoms with van der Waals surface area (Å²) in [6.07, 6.45) is 0.435. The molecule has 0 aliphatic heterocycles. The maximum absolute atomic E-state index is 13.7. The second kappa shape index (κ2) is 6.83. The number of hydrogen-bond acceptors (Lipinski definition) is 3. The lowest BCUT2D eigenvalue weighted by molar-refractivity contribution is -0.145. The number of benzene rings is 1. The number of halogens is 2. The fraction of sp³-hybridized carbons (Fsp3) is 0.467. The number of methoxy groups -OCH3 is 1. The number of ether oxygens (including phenoxy) is 1. The lowest BCUT2D eigenvalue weighted by Crippen LogP contribution is -2.39. The third-order valence-corrected chi connectivity index (χ3v) is 3.67. The zero-order chi connectivity index (χ0) is 16.3. The molecule has 7 heteroatoms. The van der Waals surface area contributed by atoms with Crippen LogP contribution in [0.15, 0.2) is 18.2 Å². The first-order valence-corrected chi connectivity index (χ1v) is 6.88. The number of carbonyl (C=O) groups excluding carboxylic acids is 1. The minimum Gasteiger partial charge on any atom is -0.480 e. The van der Waals surface area contributed by atoms with Gasteiger partial charge in [0.1, 0.15) is 18.2 Å². The average molecular weight is 313 g/mol. The van der Waals surface area contributed by atoms with Gasteiger partial charge in [-0.2, -0.15) is 0 Å². The van der Waals surface area contributed by atoms with Crippen LogP contribution in [0.4, 0.5) is 8.78 Å². The summed E-state index contributed by atoms with van der Waals surface area (Å²) in [7, 11) is 1.46. The largest absolute Gasteiger partial charge is 0.480 e. The molecule has 1 N–H and O–H groups in total. The molecule has 1 aliphatic carbocycles. The van der Waals surface area contributed by atoms with E-state index in [2.05, 4.69) is 0 Å². The van der Waals surface area contributed by atoms with E-state index >= 15 is 0 Å². The molecular formula is C15H17F2NO4. The Hall–Kier alpha value is -2.02. The third kappa shape index (κ3) is 3.79. The second-order valence-corrected chi connectivity index (χ2v) is 5.26. The third-order valence-electron chi connectivity index (χ3n) is 3.67. The van der Waals surface area contributed by atoms with Gasteiger partial charge in [-0.3, -0.25) is 9.59 Å². The summed E-state index contributed by atoms with van der Waals surface area (Å²) in [5, 5.41) is 8.86. The van der Waals surface area contributed by atoms with E-state index in [0.717, 1.165) is 12.1 Å². The van der Waals surface area contributed by atoms with Crippen LogP contribution in [0.5, 0.6) is 0 Å². The Labute approximate surface area is 126 Å². The van der Waals surface area contributed by atoms with E-state index in [1.807, 2.05) is 0 Å². The lowest BCUT2D eigenvalue weighted by Gasteiger charge is -2.20. The van der Waals surface area contributed by atoms with Gasteiger partial charge in [-0.15, -0.1) is 0 Å². The van der Waals surface area contributed by atoms with Gasteiger partial charge in [-0.25, -0.2) is 8.78 Å². The van der Waals surface area contributed by atoms with Crippen molar-refractivity contribution in [2.24, 2.45) is 5.92 Å². The lowest BCUT2D eigenvalue weighted by atomic mass is 10.1. The van der Waals surface area contributed by atoms with Crippen LogP contribution >= 0.6 is 0 Å². The highest BCUT2D eigenvalue weighted by Gasteiger charge is 2.47. The van der Waals surface area contributed by atoms with E-state index < -0.39 is 30.1 Å². The standard InChI is InChI=1S/C15H17F2NO4/c1-22-5-4-18(8-14(19)20)15(21)12-7-11(12)10-3-2-9(16)6-13(10)17/h2-3,6,11-12H,4-5,7-8H2,1H3,(H,19,20)/t11-,12-/m1/s1. The predicted molar refractivity (Wildman–Crippen MR) is 73.3 cm³/mol. The van der Waals surface area contributed by atoms with Gasteiger partial charge in [0.25, 0.3) is 0 Å². The number of amides is 1. The van der Waals surface area contributed by atoms with Crippen molar-refractivity contribution < 1.29 is 28.2 Å². The molecule has 2 rings (SSSR count). The van der Waals surface area contributed by atoms with Gasteiger partial charge in [-0.05, 0) is 24.0 Å². The van der Waals surface area contributed by atoms with Gasteiger partial charge in [0, 0.05) is 25.6 Å². The molecule has 0 unspecified atom stereocenters. The van der Waals surface area contributed by atoms with Crippen LogP contribution < -0.4 is 0 Å². The summed E-state index contributed by atoms with van der Waals surface area (Å²) < 4.78 is 31.5. The van der Waals surface area contributed by atoms with E-state index in [9.17, 15) is 18.4 Å². The fourth-order valence-electron chi connectivity index (χ4n) is 2.48. The maximum atomic E-state index is 13.7. The smallest absolute Gasteiger partial charge is 0.323 e. The number of aliphatic carboxylic acids is 1. The number of rotatable bonds is 7. The Morgan fingerprint density at radius 2 is 2.14 bits per heavy atom. The molecule has 0 radical (unpaired) electrons. The topological polar surface area (TPSA) is 66.8 Å². The summed E-state index contributed by atoms with van der Waals surface area (Å²) in [6.45, 7) is -0.0324. The molecule has 1 fully saturated rings. The Morgan fingerprint density at radius 3 is 2.73 bits per heavy atom. The minimum absolute atomic E-state index is 0.163. The zero-order valence-corrected chi connectivity index (χ0v) is 12.1. The summed E-state index contributed by atoms with van der Waals surface area (Å²) in [5.41, 5.74) is 0.293. The van der Waals surface area contributed by atoms with Crippen molar-refractivity contribution >= 4 is 11.9 Å². The molecule has 22 heavy (non-hydrogen) atoms. The molecule has 1 saturated carbocycles. The summed E-state index contributed by atoms with van der Waals surface area (Å²) in [4.78, 5) is 24.3. The van der Waals surface area contributed by atoms with E-state index in [1.54, 1.807) is 0 Å². The van der Waals surface area contributed by atoms with Gasteiger partial charge in [0.15, 0.2) is 0 Å². The minimum atomic E-state index is -1.12. The molecular weight excluding hydrogens is 296 g/mol. The number of carboxylic acids is 1. The van der Waals surface area contributed by atoms with Crippen molar-refractivity contribution in [3.63, 3.8) is 0 Å². The van der Waals surface area contributed by atoms with Crippen molar-refractivity contribution in [3.8, 4) is 0 Å². The number of carboxylic acid groups (broad SMARTS) is 1. The van der Waals surface area contributed by atoms with E-state index in [-0.39, 0.29) is 25.0 Å². The first kappa shape index (κ1) is 16.4. The van der Waals surface area contributed by atoms with Crippen molar-refractivity contribution in [3.05, 3.63) is 35.4 Å². The molecule has 0 bridgehead atoms. The Kier molecular flexibility index (Phi) is 5.07. The highest BCUT2D eigenvalue weighted by atomic mass is 19.1. The van der Waals surface area contributed by atoms with Crippen molar-refractivity contribution in [1.29, 1.82) is 0 Å². The van der Waals surface area contributed by atoms with Crippen LogP contribution in [0.1, 0.15) is 17.9 Å². The second-order valence-electron chi connectivity index (χ2n) is 5.26. The molecule has 120 valence electrons. The number of hydrogen-bond donors (Lipinski definition) is 1.